The third kappa shape index (κ3) is 2.79. The van der Waals surface area contributed by atoms with Crippen molar-refractivity contribution in [2.45, 2.75) is 26.7 Å². The van der Waals surface area contributed by atoms with Gasteiger partial charge in [-0.05, 0) is 32.4 Å². The second-order valence-corrected chi connectivity index (χ2v) is 4.54. The van der Waals surface area contributed by atoms with E-state index in [9.17, 15) is 0 Å². The lowest BCUT2D eigenvalue weighted by Gasteiger charge is -2.09. The van der Waals surface area contributed by atoms with Gasteiger partial charge in [-0.1, -0.05) is 17.7 Å². The molecule has 0 saturated carbocycles. The normalized spacial score (nSPS) is 10.4. The van der Waals surface area contributed by atoms with Gasteiger partial charge in [0.05, 0.1) is 5.88 Å². The van der Waals surface area contributed by atoms with Crippen LogP contribution in [0, 0.1) is 20.8 Å². The molecule has 0 fully saturated rings. The highest BCUT2D eigenvalue weighted by Gasteiger charge is 2.06. The van der Waals surface area contributed by atoms with Gasteiger partial charge in [0.2, 0.25) is 0 Å². The van der Waals surface area contributed by atoms with Gasteiger partial charge in [0, 0.05) is 17.5 Å². The smallest absolute Gasteiger partial charge is 0.322 e. The summed E-state index contributed by atoms with van der Waals surface area (Å²) in [5.41, 5.74) is 4.04. The van der Waals surface area contributed by atoms with Gasteiger partial charge in [0.1, 0.15) is 5.75 Å². The van der Waals surface area contributed by atoms with Crippen LogP contribution in [-0.4, -0.2) is 9.97 Å². The molecular weight excluding hydrogens is 248 g/mol. The van der Waals surface area contributed by atoms with Crippen LogP contribution in [0.4, 0.5) is 0 Å². The van der Waals surface area contributed by atoms with E-state index in [1.165, 1.54) is 5.56 Å². The molecule has 0 bridgehead atoms. The van der Waals surface area contributed by atoms with Gasteiger partial charge in [-0.15, -0.1) is 11.6 Å². The molecule has 1 aromatic heterocycles. The average molecular weight is 263 g/mol. The molecule has 0 saturated heterocycles. The molecule has 0 amide bonds. The lowest BCUT2D eigenvalue weighted by atomic mass is 10.1. The van der Waals surface area contributed by atoms with Crippen molar-refractivity contribution in [1.29, 1.82) is 0 Å². The largest absolute Gasteiger partial charge is 0.424 e. The number of alkyl halides is 1. The molecule has 0 spiro atoms. The second kappa shape index (κ2) is 5.36. The summed E-state index contributed by atoms with van der Waals surface area (Å²) in [6.45, 7) is 5.95. The maximum absolute atomic E-state index is 5.77. The van der Waals surface area contributed by atoms with E-state index in [-0.39, 0.29) is 0 Å². The summed E-state index contributed by atoms with van der Waals surface area (Å²) in [4.78, 5) is 8.44. The predicted octanol–water partition coefficient (Wildman–Crippen LogP) is 3.93. The molecule has 0 aliphatic carbocycles. The van der Waals surface area contributed by atoms with Gasteiger partial charge in [-0.25, -0.2) is 4.98 Å². The van der Waals surface area contributed by atoms with Crippen molar-refractivity contribution in [3.63, 3.8) is 0 Å². The highest BCUT2D eigenvalue weighted by Crippen LogP contribution is 2.23. The van der Waals surface area contributed by atoms with E-state index in [0.717, 1.165) is 22.6 Å². The van der Waals surface area contributed by atoms with Crippen molar-refractivity contribution < 1.29 is 4.74 Å². The van der Waals surface area contributed by atoms with E-state index in [1.807, 2.05) is 32.9 Å². The Morgan fingerprint density at radius 1 is 1.22 bits per heavy atom. The number of aromatic nitrogens is 2. The van der Waals surface area contributed by atoms with Crippen molar-refractivity contribution in [3.8, 4) is 11.8 Å². The molecule has 0 radical (unpaired) electrons. The van der Waals surface area contributed by atoms with E-state index in [0.29, 0.717) is 11.9 Å². The van der Waals surface area contributed by atoms with Crippen LogP contribution in [0.5, 0.6) is 11.8 Å². The third-order valence-electron chi connectivity index (χ3n) is 2.73. The summed E-state index contributed by atoms with van der Waals surface area (Å²) in [6, 6.07) is 6.35. The minimum Gasteiger partial charge on any atom is -0.424 e. The molecule has 0 unspecified atom stereocenters. The predicted molar refractivity (Wildman–Crippen MR) is 72.3 cm³/mol. The Hall–Kier alpha value is -1.61. The van der Waals surface area contributed by atoms with E-state index in [1.54, 1.807) is 6.20 Å². The van der Waals surface area contributed by atoms with E-state index in [4.69, 9.17) is 16.3 Å². The zero-order chi connectivity index (χ0) is 13.1. The summed E-state index contributed by atoms with van der Waals surface area (Å²) in [6.07, 6.45) is 1.70. The van der Waals surface area contributed by atoms with Crippen LogP contribution < -0.4 is 4.74 Å². The van der Waals surface area contributed by atoms with Crippen molar-refractivity contribution in [1.82, 2.24) is 9.97 Å². The standard InChI is InChI=1S/C14H15ClN2O/c1-9-4-5-13(10(2)6-9)18-14-16-8-12(7-15)11(3)17-14/h4-6,8H,7H2,1-3H3. The summed E-state index contributed by atoms with van der Waals surface area (Å²) in [5.74, 6) is 1.19. The number of ether oxygens (including phenoxy) is 1. The Morgan fingerprint density at radius 2 is 2.00 bits per heavy atom. The molecule has 1 heterocycles. The molecule has 0 N–H and O–H groups in total. The number of halogens is 1. The Morgan fingerprint density at radius 3 is 2.61 bits per heavy atom. The number of aryl methyl sites for hydroxylation is 3. The number of hydrogen-bond acceptors (Lipinski definition) is 3. The molecule has 2 aromatic rings. The monoisotopic (exact) mass is 262 g/mol. The van der Waals surface area contributed by atoms with Gasteiger partial charge < -0.3 is 4.74 Å². The first kappa shape index (κ1) is 12.8. The fourth-order valence-electron chi connectivity index (χ4n) is 1.66. The van der Waals surface area contributed by atoms with Crippen LogP contribution in [0.1, 0.15) is 22.4 Å². The summed E-state index contributed by atoms with van der Waals surface area (Å²) >= 11 is 5.77. The topological polar surface area (TPSA) is 35.0 Å². The Balaban J connectivity index is 2.26. The van der Waals surface area contributed by atoms with E-state index >= 15 is 0 Å². The number of rotatable bonds is 3. The van der Waals surface area contributed by atoms with Crippen LogP contribution in [0.25, 0.3) is 0 Å². The van der Waals surface area contributed by atoms with Crippen LogP contribution in [0.2, 0.25) is 0 Å². The Kier molecular flexibility index (Phi) is 3.82. The molecule has 18 heavy (non-hydrogen) atoms. The van der Waals surface area contributed by atoms with Crippen molar-refractivity contribution in [3.05, 3.63) is 46.8 Å². The Labute approximate surface area is 112 Å². The third-order valence-corrected chi connectivity index (χ3v) is 3.02. The minimum absolute atomic E-state index is 0.355. The summed E-state index contributed by atoms with van der Waals surface area (Å²) in [7, 11) is 0. The number of nitrogens with zero attached hydrogens (tertiary/aromatic N) is 2. The quantitative estimate of drug-likeness (QED) is 0.786. The maximum Gasteiger partial charge on any atom is 0.322 e. The van der Waals surface area contributed by atoms with Gasteiger partial charge >= 0.3 is 6.01 Å². The maximum atomic E-state index is 5.77. The lowest BCUT2D eigenvalue weighted by molar-refractivity contribution is 0.436. The fourth-order valence-corrected chi connectivity index (χ4v) is 1.93. The zero-order valence-electron chi connectivity index (χ0n) is 10.7. The van der Waals surface area contributed by atoms with Crippen molar-refractivity contribution in [2.75, 3.05) is 0 Å². The molecular formula is C14H15ClN2O. The molecule has 94 valence electrons. The molecule has 2 rings (SSSR count). The van der Waals surface area contributed by atoms with Crippen molar-refractivity contribution in [2.24, 2.45) is 0 Å². The van der Waals surface area contributed by atoms with Crippen molar-refractivity contribution >= 4 is 11.6 Å². The zero-order valence-corrected chi connectivity index (χ0v) is 11.5. The van der Waals surface area contributed by atoms with Crippen LogP contribution in [0.3, 0.4) is 0 Å². The molecule has 1 aromatic carbocycles. The average Bonchev–Trinajstić information content (AvgIpc) is 2.33. The van der Waals surface area contributed by atoms with E-state index in [2.05, 4.69) is 16.0 Å². The Bertz CT molecular complexity index is 570. The minimum atomic E-state index is 0.355. The second-order valence-electron chi connectivity index (χ2n) is 4.27. The molecule has 0 aliphatic rings. The highest BCUT2D eigenvalue weighted by molar-refractivity contribution is 6.17. The molecule has 0 aliphatic heterocycles. The highest BCUT2D eigenvalue weighted by atomic mass is 35.5. The number of benzene rings is 1. The summed E-state index contributed by atoms with van der Waals surface area (Å²) in [5, 5.41) is 0. The van der Waals surface area contributed by atoms with E-state index < -0.39 is 0 Å². The van der Waals surface area contributed by atoms with Crippen LogP contribution in [-0.2, 0) is 5.88 Å². The number of hydrogen-bond donors (Lipinski definition) is 0. The van der Waals surface area contributed by atoms with Gasteiger partial charge in [0.25, 0.3) is 0 Å². The molecule has 0 atom stereocenters. The lowest BCUT2D eigenvalue weighted by Crippen LogP contribution is -1.98. The fraction of sp³-hybridized carbons (Fsp3) is 0.286. The first-order valence-corrected chi connectivity index (χ1v) is 6.27. The van der Waals surface area contributed by atoms with Gasteiger partial charge in [-0.2, -0.15) is 4.98 Å². The van der Waals surface area contributed by atoms with Gasteiger partial charge in [-0.3, -0.25) is 0 Å². The molecule has 3 nitrogen and oxygen atoms in total. The SMILES string of the molecule is Cc1ccc(Oc2ncc(CCl)c(C)n2)c(C)c1. The van der Waals surface area contributed by atoms with Crippen LogP contribution in [0.15, 0.2) is 24.4 Å². The van der Waals surface area contributed by atoms with Crippen LogP contribution >= 0.6 is 11.6 Å². The summed E-state index contributed by atoms with van der Waals surface area (Å²) < 4.78 is 5.68. The van der Waals surface area contributed by atoms with Gasteiger partial charge in [0.15, 0.2) is 0 Å². The first-order valence-electron chi connectivity index (χ1n) is 5.73. The molecule has 4 heteroatoms. The first-order chi connectivity index (χ1) is 8.60.